The van der Waals surface area contributed by atoms with Gasteiger partial charge in [-0.2, -0.15) is 0 Å². The van der Waals surface area contributed by atoms with Crippen LogP contribution in [0.25, 0.3) is 0 Å². The molecule has 0 unspecified atom stereocenters. The molecule has 0 aromatic carbocycles. The Morgan fingerprint density at radius 1 is 1.25 bits per heavy atom. The molecule has 0 aliphatic heterocycles. The molecule has 0 saturated carbocycles. The predicted octanol–water partition coefficient (Wildman–Crippen LogP) is 2.46. The van der Waals surface area contributed by atoms with Gasteiger partial charge in [-0.25, -0.2) is 0 Å². The van der Waals surface area contributed by atoms with E-state index >= 15 is 0 Å². The molecule has 2 heterocycles. The van der Waals surface area contributed by atoms with E-state index in [0.717, 1.165) is 11.3 Å². The standard InChI is InChI=1S/C14H16ClN5/c15-12-9-19-6-3-13(12)20(7-4-14(16)17)10-11-2-1-5-18-8-11/h1-3,5-6,8-9H,4,7,10H2,(H3,16,17). The van der Waals surface area contributed by atoms with E-state index in [9.17, 15) is 0 Å². The molecule has 0 bridgehead atoms. The lowest BCUT2D eigenvalue weighted by atomic mass is 10.2. The number of halogens is 1. The molecular formula is C14H16ClN5. The van der Waals surface area contributed by atoms with Gasteiger partial charge in [0.15, 0.2) is 0 Å². The van der Waals surface area contributed by atoms with Crippen LogP contribution in [0.1, 0.15) is 12.0 Å². The summed E-state index contributed by atoms with van der Waals surface area (Å²) in [6.45, 7) is 1.28. The number of hydrogen-bond donors (Lipinski definition) is 2. The smallest absolute Gasteiger partial charge is 0.0923 e. The molecule has 0 atom stereocenters. The van der Waals surface area contributed by atoms with E-state index in [1.165, 1.54) is 0 Å². The second-order valence-corrected chi connectivity index (χ2v) is 4.79. The number of nitrogens with two attached hydrogens (primary N) is 1. The zero-order valence-electron chi connectivity index (χ0n) is 11.0. The SMILES string of the molecule is N=C(N)CCN(Cc1cccnc1)c1ccncc1Cl. The van der Waals surface area contributed by atoms with Crippen LogP contribution in [-0.2, 0) is 6.54 Å². The van der Waals surface area contributed by atoms with Crippen LogP contribution in [0.4, 0.5) is 5.69 Å². The minimum atomic E-state index is 0.159. The van der Waals surface area contributed by atoms with E-state index in [0.29, 0.717) is 24.5 Å². The monoisotopic (exact) mass is 289 g/mol. The van der Waals surface area contributed by atoms with E-state index in [1.54, 1.807) is 18.6 Å². The van der Waals surface area contributed by atoms with Gasteiger partial charge in [0.1, 0.15) is 0 Å². The lowest BCUT2D eigenvalue weighted by Crippen LogP contribution is -2.27. The molecule has 2 aromatic heterocycles. The zero-order valence-corrected chi connectivity index (χ0v) is 11.7. The summed E-state index contributed by atoms with van der Waals surface area (Å²) in [6, 6.07) is 5.76. The Labute approximate surface area is 122 Å². The summed E-state index contributed by atoms with van der Waals surface area (Å²) in [4.78, 5) is 10.2. The van der Waals surface area contributed by atoms with Crippen molar-refractivity contribution in [3.63, 3.8) is 0 Å². The Hall–Kier alpha value is -2.14. The topological polar surface area (TPSA) is 78.9 Å². The molecule has 20 heavy (non-hydrogen) atoms. The molecule has 0 radical (unpaired) electrons. The normalized spacial score (nSPS) is 10.2. The van der Waals surface area contributed by atoms with Crippen LogP contribution in [0.5, 0.6) is 0 Å². The molecule has 6 heteroatoms. The number of nitrogens with one attached hydrogen (secondary N) is 1. The Balaban J connectivity index is 2.20. The summed E-state index contributed by atoms with van der Waals surface area (Å²) in [7, 11) is 0. The third kappa shape index (κ3) is 3.93. The van der Waals surface area contributed by atoms with Crippen molar-refractivity contribution in [2.24, 2.45) is 5.73 Å². The third-order valence-corrected chi connectivity index (χ3v) is 3.13. The molecule has 5 nitrogen and oxygen atoms in total. The van der Waals surface area contributed by atoms with Gasteiger partial charge in [-0.05, 0) is 17.7 Å². The van der Waals surface area contributed by atoms with Crippen molar-refractivity contribution >= 4 is 23.1 Å². The number of amidine groups is 1. The van der Waals surface area contributed by atoms with Gasteiger partial charge in [-0.15, -0.1) is 0 Å². The largest absolute Gasteiger partial charge is 0.388 e. The van der Waals surface area contributed by atoms with Crippen molar-refractivity contribution in [3.8, 4) is 0 Å². The lowest BCUT2D eigenvalue weighted by Gasteiger charge is -2.25. The highest BCUT2D eigenvalue weighted by Crippen LogP contribution is 2.25. The van der Waals surface area contributed by atoms with Crippen LogP contribution in [0.3, 0.4) is 0 Å². The number of aromatic nitrogens is 2. The lowest BCUT2D eigenvalue weighted by molar-refractivity contribution is 0.798. The van der Waals surface area contributed by atoms with Crippen LogP contribution < -0.4 is 10.6 Å². The number of pyridine rings is 2. The van der Waals surface area contributed by atoms with E-state index in [2.05, 4.69) is 14.9 Å². The summed E-state index contributed by atoms with van der Waals surface area (Å²) in [6.07, 6.45) is 7.35. The van der Waals surface area contributed by atoms with Crippen molar-refractivity contribution in [2.45, 2.75) is 13.0 Å². The molecule has 104 valence electrons. The maximum absolute atomic E-state index is 7.38. The first-order chi connectivity index (χ1) is 9.66. The summed E-state index contributed by atoms with van der Waals surface area (Å²) in [5.41, 5.74) is 7.40. The minimum Gasteiger partial charge on any atom is -0.388 e. The molecule has 2 rings (SSSR count). The van der Waals surface area contributed by atoms with Gasteiger partial charge in [-0.3, -0.25) is 15.4 Å². The molecule has 0 amide bonds. The second-order valence-electron chi connectivity index (χ2n) is 4.39. The number of anilines is 1. The summed E-state index contributed by atoms with van der Waals surface area (Å²) >= 11 is 6.20. The molecule has 0 fully saturated rings. The molecule has 0 aliphatic carbocycles. The van der Waals surface area contributed by atoms with Gasteiger partial charge in [-0.1, -0.05) is 17.7 Å². The quantitative estimate of drug-likeness (QED) is 0.632. The average molecular weight is 290 g/mol. The molecule has 3 N–H and O–H groups in total. The van der Waals surface area contributed by atoms with Gasteiger partial charge in [0, 0.05) is 44.3 Å². The number of hydrogen-bond acceptors (Lipinski definition) is 4. The first-order valence-corrected chi connectivity index (χ1v) is 6.61. The van der Waals surface area contributed by atoms with Crippen LogP contribution in [0.2, 0.25) is 5.02 Å². The maximum atomic E-state index is 7.38. The maximum Gasteiger partial charge on any atom is 0.0923 e. The molecular weight excluding hydrogens is 274 g/mol. The number of rotatable bonds is 6. The Morgan fingerprint density at radius 2 is 2.05 bits per heavy atom. The minimum absolute atomic E-state index is 0.159. The van der Waals surface area contributed by atoms with Crippen LogP contribution in [0, 0.1) is 5.41 Å². The second kappa shape index (κ2) is 6.86. The van der Waals surface area contributed by atoms with Gasteiger partial charge in [0.05, 0.1) is 16.5 Å². The highest BCUT2D eigenvalue weighted by atomic mass is 35.5. The fourth-order valence-electron chi connectivity index (χ4n) is 1.88. The van der Waals surface area contributed by atoms with Gasteiger partial charge in [0.2, 0.25) is 0 Å². The van der Waals surface area contributed by atoms with Crippen molar-refractivity contribution in [3.05, 3.63) is 53.6 Å². The first kappa shape index (κ1) is 14.3. The zero-order chi connectivity index (χ0) is 14.4. The Morgan fingerprint density at radius 3 is 2.70 bits per heavy atom. The van der Waals surface area contributed by atoms with E-state index in [1.807, 2.05) is 24.4 Å². The highest BCUT2D eigenvalue weighted by Gasteiger charge is 2.11. The summed E-state index contributed by atoms with van der Waals surface area (Å²) in [5, 5.41) is 7.96. The van der Waals surface area contributed by atoms with E-state index in [4.69, 9.17) is 22.7 Å². The van der Waals surface area contributed by atoms with Crippen molar-refractivity contribution in [1.82, 2.24) is 9.97 Å². The van der Waals surface area contributed by atoms with Crippen molar-refractivity contribution < 1.29 is 0 Å². The van der Waals surface area contributed by atoms with Gasteiger partial charge in [0.25, 0.3) is 0 Å². The Bertz CT molecular complexity index is 573. The summed E-state index contributed by atoms with van der Waals surface area (Å²) < 4.78 is 0. The van der Waals surface area contributed by atoms with Crippen molar-refractivity contribution in [1.29, 1.82) is 5.41 Å². The van der Waals surface area contributed by atoms with Gasteiger partial charge >= 0.3 is 0 Å². The Kier molecular flexibility index (Phi) is 4.90. The average Bonchev–Trinajstić information content (AvgIpc) is 2.45. The molecule has 0 spiro atoms. The van der Waals surface area contributed by atoms with Crippen LogP contribution in [0.15, 0.2) is 43.0 Å². The van der Waals surface area contributed by atoms with Crippen molar-refractivity contribution in [2.75, 3.05) is 11.4 Å². The van der Waals surface area contributed by atoms with Gasteiger partial charge < -0.3 is 10.6 Å². The third-order valence-electron chi connectivity index (χ3n) is 2.84. The van der Waals surface area contributed by atoms with E-state index in [-0.39, 0.29) is 5.84 Å². The predicted molar refractivity (Wildman–Crippen MR) is 81.1 cm³/mol. The van der Waals surface area contributed by atoms with Crippen LogP contribution >= 0.6 is 11.6 Å². The number of nitrogens with zero attached hydrogens (tertiary/aromatic N) is 3. The van der Waals surface area contributed by atoms with Crippen LogP contribution in [-0.4, -0.2) is 22.3 Å². The fraction of sp³-hybridized carbons (Fsp3) is 0.214. The summed E-state index contributed by atoms with van der Waals surface area (Å²) in [5.74, 6) is 0.159. The molecule has 2 aromatic rings. The molecule has 0 saturated heterocycles. The highest BCUT2D eigenvalue weighted by molar-refractivity contribution is 6.33. The molecule has 0 aliphatic rings. The van der Waals surface area contributed by atoms with E-state index < -0.39 is 0 Å². The fourth-order valence-corrected chi connectivity index (χ4v) is 2.12. The first-order valence-electron chi connectivity index (χ1n) is 6.23.